The summed E-state index contributed by atoms with van der Waals surface area (Å²) in [6, 6.07) is 8.76. The monoisotopic (exact) mass is 183 g/mol. The molecule has 0 unspecified atom stereocenters. The lowest BCUT2D eigenvalue weighted by Crippen LogP contribution is -1.85. The lowest BCUT2D eigenvalue weighted by atomic mass is 10.1. The summed E-state index contributed by atoms with van der Waals surface area (Å²) in [5.41, 5.74) is 3.82. The molecular weight excluding hydrogens is 170 g/mol. The Balaban J connectivity index is 2.18. The van der Waals surface area contributed by atoms with Gasteiger partial charge in [-0.2, -0.15) is 0 Å². The van der Waals surface area contributed by atoms with Gasteiger partial charge in [0.15, 0.2) is 0 Å². The fraction of sp³-hybridized carbons (Fsp3) is 0.308. The molecule has 0 spiro atoms. The maximum atomic E-state index is 4.50. The highest BCUT2D eigenvalue weighted by atomic mass is 14.7. The van der Waals surface area contributed by atoms with Crippen molar-refractivity contribution in [2.75, 3.05) is 0 Å². The van der Waals surface area contributed by atoms with Crippen LogP contribution >= 0.6 is 0 Å². The predicted octanol–water partition coefficient (Wildman–Crippen LogP) is 3.42. The molecule has 14 heavy (non-hydrogen) atoms. The van der Waals surface area contributed by atoms with Crippen LogP contribution in [0.2, 0.25) is 0 Å². The van der Waals surface area contributed by atoms with E-state index in [0.717, 1.165) is 11.4 Å². The number of benzene rings is 1. The minimum absolute atomic E-state index is 0.799. The third kappa shape index (κ3) is 1.29. The summed E-state index contributed by atoms with van der Waals surface area (Å²) in [7, 11) is 0. The number of rotatable bonds is 1. The molecular formula is C13H13N. The summed E-state index contributed by atoms with van der Waals surface area (Å²) in [5.74, 6) is 0.799. The Labute approximate surface area is 83.8 Å². The van der Waals surface area contributed by atoms with Crippen LogP contribution < -0.4 is 0 Å². The van der Waals surface area contributed by atoms with Crippen molar-refractivity contribution < 1.29 is 0 Å². The van der Waals surface area contributed by atoms with E-state index in [4.69, 9.17) is 0 Å². The first kappa shape index (κ1) is 7.98. The van der Waals surface area contributed by atoms with Crippen LogP contribution in [0.25, 0.3) is 10.9 Å². The van der Waals surface area contributed by atoms with E-state index in [1.54, 1.807) is 0 Å². The molecule has 0 radical (unpaired) electrons. The third-order valence-electron chi connectivity index (χ3n) is 2.91. The van der Waals surface area contributed by atoms with Crippen molar-refractivity contribution in [2.45, 2.75) is 25.7 Å². The topological polar surface area (TPSA) is 12.9 Å². The highest BCUT2D eigenvalue weighted by molar-refractivity contribution is 5.79. The molecule has 3 rings (SSSR count). The molecule has 0 atom stereocenters. The summed E-state index contributed by atoms with van der Waals surface area (Å²) < 4.78 is 0. The summed E-state index contributed by atoms with van der Waals surface area (Å²) in [6.07, 6.45) is 4.73. The zero-order chi connectivity index (χ0) is 9.54. The van der Waals surface area contributed by atoms with Crippen LogP contribution in [0.5, 0.6) is 0 Å². The van der Waals surface area contributed by atoms with Crippen LogP contribution in [-0.4, -0.2) is 4.98 Å². The zero-order valence-corrected chi connectivity index (χ0v) is 8.33. The van der Waals surface area contributed by atoms with Gasteiger partial charge in [0, 0.05) is 11.6 Å². The van der Waals surface area contributed by atoms with Crippen LogP contribution in [0.1, 0.15) is 29.9 Å². The molecule has 1 aromatic heterocycles. The molecule has 0 N–H and O–H groups in total. The standard InChI is InChI=1S/C13H13N/c1-9-2-3-11-7-12(10-4-5-10)8-14-13(11)6-9/h2-3,6-8,10H,4-5H2,1H3. The van der Waals surface area contributed by atoms with Crippen LogP contribution in [0.15, 0.2) is 30.5 Å². The minimum Gasteiger partial charge on any atom is -0.256 e. The van der Waals surface area contributed by atoms with Crippen LogP contribution in [0.3, 0.4) is 0 Å². The van der Waals surface area contributed by atoms with E-state index in [1.807, 2.05) is 6.20 Å². The van der Waals surface area contributed by atoms with Gasteiger partial charge >= 0.3 is 0 Å². The van der Waals surface area contributed by atoms with E-state index in [9.17, 15) is 0 Å². The molecule has 1 heterocycles. The fourth-order valence-corrected chi connectivity index (χ4v) is 1.89. The van der Waals surface area contributed by atoms with Gasteiger partial charge in [-0.1, -0.05) is 12.1 Å². The Bertz CT molecular complexity index is 484. The molecule has 70 valence electrons. The number of hydrogen-bond donors (Lipinski definition) is 0. The van der Waals surface area contributed by atoms with E-state index < -0.39 is 0 Å². The second kappa shape index (κ2) is 2.81. The number of aromatic nitrogens is 1. The Morgan fingerprint density at radius 3 is 2.86 bits per heavy atom. The molecule has 0 saturated heterocycles. The van der Waals surface area contributed by atoms with Crippen molar-refractivity contribution in [3.63, 3.8) is 0 Å². The predicted molar refractivity (Wildman–Crippen MR) is 58.5 cm³/mol. The van der Waals surface area contributed by atoms with Crippen LogP contribution in [-0.2, 0) is 0 Å². The zero-order valence-electron chi connectivity index (χ0n) is 8.33. The number of hydrogen-bond acceptors (Lipinski definition) is 1. The third-order valence-corrected chi connectivity index (χ3v) is 2.91. The normalized spacial score (nSPS) is 16.1. The molecule has 1 nitrogen and oxygen atoms in total. The van der Waals surface area contributed by atoms with Crippen molar-refractivity contribution in [2.24, 2.45) is 0 Å². The molecule has 0 amide bonds. The Hall–Kier alpha value is -1.37. The first-order chi connectivity index (χ1) is 6.83. The number of nitrogens with zero attached hydrogens (tertiary/aromatic N) is 1. The van der Waals surface area contributed by atoms with Gasteiger partial charge < -0.3 is 0 Å². The van der Waals surface area contributed by atoms with Crippen molar-refractivity contribution in [3.8, 4) is 0 Å². The average Bonchev–Trinajstić information content (AvgIpc) is 3.00. The maximum absolute atomic E-state index is 4.50. The molecule has 1 heteroatoms. The smallest absolute Gasteiger partial charge is 0.0704 e. The van der Waals surface area contributed by atoms with Crippen molar-refractivity contribution in [1.82, 2.24) is 4.98 Å². The second-order valence-electron chi connectivity index (χ2n) is 4.24. The van der Waals surface area contributed by atoms with Crippen molar-refractivity contribution in [1.29, 1.82) is 0 Å². The van der Waals surface area contributed by atoms with Gasteiger partial charge in [-0.05, 0) is 48.9 Å². The fourth-order valence-electron chi connectivity index (χ4n) is 1.89. The lowest BCUT2D eigenvalue weighted by Gasteiger charge is -2.01. The summed E-state index contributed by atoms with van der Waals surface area (Å²) in [4.78, 5) is 4.50. The van der Waals surface area contributed by atoms with Gasteiger partial charge in [0.05, 0.1) is 5.52 Å². The largest absolute Gasteiger partial charge is 0.256 e. The lowest BCUT2D eigenvalue weighted by molar-refractivity contribution is 1.11. The Morgan fingerprint density at radius 1 is 1.21 bits per heavy atom. The summed E-state index contributed by atoms with van der Waals surface area (Å²) >= 11 is 0. The highest BCUT2D eigenvalue weighted by Gasteiger charge is 2.23. The molecule has 0 aliphatic heterocycles. The Kier molecular flexibility index (Phi) is 1.60. The molecule has 1 fully saturated rings. The first-order valence-electron chi connectivity index (χ1n) is 5.19. The second-order valence-corrected chi connectivity index (χ2v) is 4.24. The van der Waals surface area contributed by atoms with Gasteiger partial charge in [-0.15, -0.1) is 0 Å². The van der Waals surface area contributed by atoms with Gasteiger partial charge in [0.2, 0.25) is 0 Å². The van der Waals surface area contributed by atoms with Crippen molar-refractivity contribution >= 4 is 10.9 Å². The first-order valence-corrected chi connectivity index (χ1v) is 5.19. The number of aryl methyl sites for hydroxylation is 1. The summed E-state index contributed by atoms with van der Waals surface area (Å²) in [5, 5.41) is 1.28. The molecule has 1 saturated carbocycles. The van der Waals surface area contributed by atoms with Crippen molar-refractivity contribution in [3.05, 3.63) is 41.6 Å². The van der Waals surface area contributed by atoms with Crippen LogP contribution in [0, 0.1) is 6.92 Å². The number of fused-ring (bicyclic) bond motifs is 1. The quantitative estimate of drug-likeness (QED) is 0.660. The minimum atomic E-state index is 0.799. The van der Waals surface area contributed by atoms with Gasteiger partial charge in [0.1, 0.15) is 0 Å². The van der Waals surface area contributed by atoms with Crippen LogP contribution in [0.4, 0.5) is 0 Å². The van der Waals surface area contributed by atoms with E-state index in [0.29, 0.717) is 0 Å². The molecule has 0 bridgehead atoms. The van der Waals surface area contributed by atoms with E-state index >= 15 is 0 Å². The van der Waals surface area contributed by atoms with Gasteiger partial charge in [0.25, 0.3) is 0 Å². The Morgan fingerprint density at radius 2 is 2.07 bits per heavy atom. The van der Waals surface area contributed by atoms with Gasteiger partial charge in [-0.25, -0.2) is 0 Å². The SMILES string of the molecule is Cc1ccc2cc(C3CC3)cnc2c1. The average molecular weight is 183 g/mol. The molecule has 2 aromatic rings. The van der Waals surface area contributed by atoms with E-state index in [1.165, 1.54) is 29.4 Å². The molecule has 1 aliphatic rings. The summed E-state index contributed by atoms with van der Waals surface area (Å²) in [6.45, 7) is 2.11. The molecule has 1 aromatic carbocycles. The maximum Gasteiger partial charge on any atom is 0.0704 e. The van der Waals surface area contributed by atoms with Gasteiger partial charge in [-0.3, -0.25) is 4.98 Å². The highest BCUT2D eigenvalue weighted by Crippen LogP contribution is 2.40. The molecule has 1 aliphatic carbocycles. The number of pyridine rings is 1. The van der Waals surface area contributed by atoms with E-state index in [-0.39, 0.29) is 0 Å². The van der Waals surface area contributed by atoms with E-state index in [2.05, 4.69) is 36.2 Å².